The molecule has 3 aromatic rings. The van der Waals surface area contributed by atoms with Crippen LogP contribution in [0.2, 0.25) is 0 Å². The Labute approximate surface area is 203 Å². The highest BCUT2D eigenvalue weighted by Gasteiger charge is 2.25. The third-order valence-electron chi connectivity index (χ3n) is 5.68. The number of carboxylic acids is 1. The second kappa shape index (κ2) is 10.7. The van der Waals surface area contributed by atoms with E-state index >= 15 is 0 Å². The molecular formula is C28H29F2NO4. The minimum atomic E-state index is -0.971. The molecule has 0 aromatic heterocycles. The highest BCUT2D eigenvalue weighted by Crippen LogP contribution is 2.25. The van der Waals surface area contributed by atoms with Crippen molar-refractivity contribution in [3.8, 4) is 5.75 Å². The molecule has 0 saturated carbocycles. The number of carbonyl (C=O) groups is 2. The molecule has 5 nitrogen and oxygen atoms in total. The van der Waals surface area contributed by atoms with Crippen molar-refractivity contribution in [2.75, 3.05) is 0 Å². The van der Waals surface area contributed by atoms with E-state index in [4.69, 9.17) is 9.84 Å². The van der Waals surface area contributed by atoms with E-state index in [1.165, 1.54) is 0 Å². The van der Waals surface area contributed by atoms with Gasteiger partial charge in [0, 0.05) is 18.1 Å². The van der Waals surface area contributed by atoms with Gasteiger partial charge in [-0.25, -0.2) is 8.78 Å². The number of aliphatic carboxylic acids is 1. The molecule has 0 aliphatic heterocycles. The van der Waals surface area contributed by atoms with Crippen LogP contribution in [0.5, 0.6) is 5.75 Å². The van der Waals surface area contributed by atoms with Crippen molar-refractivity contribution < 1.29 is 28.2 Å². The van der Waals surface area contributed by atoms with Crippen LogP contribution in [-0.4, -0.2) is 17.0 Å². The second-order valence-corrected chi connectivity index (χ2v) is 9.20. The number of amides is 1. The Morgan fingerprint density at radius 2 is 1.66 bits per heavy atom. The van der Waals surface area contributed by atoms with Gasteiger partial charge in [0.25, 0.3) is 5.91 Å². The van der Waals surface area contributed by atoms with Gasteiger partial charge in [-0.1, -0.05) is 41.5 Å². The smallest absolute Gasteiger partial charge is 0.303 e. The Morgan fingerprint density at radius 1 is 0.971 bits per heavy atom. The van der Waals surface area contributed by atoms with E-state index in [1.54, 1.807) is 18.2 Å². The monoisotopic (exact) mass is 481 g/mol. The molecule has 0 fully saturated rings. The Morgan fingerprint density at radius 3 is 2.31 bits per heavy atom. The third-order valence-corrected chi connectivity index (χ3v) is 5.68. The van der Waals surface area contributed by atoms with E-state index < -0.39 is 23.1 Å². The summed E-state index contributed by atoms with van der Waals surface area (Å²) in [4.78, 5) is 24.5. The molecule has 184 valence electrons. The summed E-state index contributed by atoms with van der Waals surface area (Å²) in [6.45, 7) is 7.68. The van der Waals surface area contributed by atoms with Crippen LogP contribution in [0.1, 0.15) is 58.4 Å². The fourth-order valence-electron chi connectivity index (χ4n) is 3.89. The minimum absolute atomic E-state index is 0.0969. The zero-order valence-electron chi connectivity index (χ0n) is 20.2. The van der Waals surface area contributed by atoms with Crippen LogP contribution in [0.25, 0.3) is 0 Å². The van der Waals surface area contributed by atoms with Crippen molar-refractivity contribution in [3.05, 3.63) is 99.6 Å². The van der Waals surface area contributed by atoms with Gasteiger partial charge in [-0.3, -0.25) is 9.59 Å². The molecule has 0 bridgehead atoms. The molecule has 0 radical (unpaired) electrons. The molecule has 0 spiro atoms. The maximum Gasteiger partial charge on any atom is 0.303 e. The Bertz CT molecular complexity index is 1230. The Balaban J connectivity index is 1.88. The number of carboxylic acid groups (broad SMARTS) is 1. The normalized spacial score (nSPS) is 11.3. The van der Waals surface area contributed by atoms with Gasteiger partial charge < -0.3 is 15.2 Å². The van der Waals surface area contributed by atoms with Gasteiger partial charge in [-0.2, -0.15) is 0 Å². The maximum absolute atomic E-state index is 13.9. The van der Waals surface area contributed by atoms with E-state index in [0.717, 1.165) is 34.9 Å². The first-order valence-corrected chi connectivity index (χ1v) is 11.3. The topological polar surface area (TPSA) is 75.6 Å². The number of carbonyl (C=O) groups excluding carboxylic acids is 1. The molecule has 1 amide bonds. The maximum atomic E-state index is 13.9. The number of ether oxygens (including phenoxy) is 1. The zero-order chi connectivity index (χ0) is 25.8. The fraction of sp³-hybridized carbons (Fsp3) is 0.286. The summed E-state index contributed by atoms with van der Waals surface area (Å²) in [5, 5.41) is 12.2. The Hall–Kier alpha value is -3.74. The molecule has 0 aliphatic carbocycles. The van der Waals surface area contributed by atoms with E-state index in [0.29, 0.717) is 16.7 Å². The summed E-state index contributed by atoms with van der Waals surface area (Å²) < 4.78 is 32.8. The van der Waals surface area contributed by atoms with Crippen molar-refractivity contribution in [3.63, 3.8) is 0 Å². The first kappa shape index (κ1) is 25.9. The molecule has 0 unspecified atom stereocenters. The molecule has 7 heteroatoms. The summed E-state index contributed by atoms with van der Waals surface area (Å²) in [6.07, 6.45) is 0.0346. The molecule has 3 aromatic carbocycles. The van der Waals surface area contributed by atoms with Gasteiger partial charge in [0.2, 0.25) is 0 Å². The number of hydrogen-bond donors (Lipinski definition) is 2. The van der Waals surface area contributed by atoms with E-state index in [1.807, 2.05) is 39.8 Å². The predicted octanol–water partition coefficient (Wildman–Crippen LogP) is 5.84. The first-order chi connectivity index (χ1) is 16.4. The lowest BCUT2D eigenvalue weighted by atomic mass is 9.90. The third kappa shape index (κ3) is 6.88. The van der Waals surface area contributed by atoms with Gasteiger partial charge in [0.1, 0.15) is 12.4 Å². The molecule has 3 rings (SSSR count). The van der Waals surface area contributed by atoms with Crippen LogP contribution in [0.4, 0.5) is 8.78 Å². The Kier molecular flexibility index (Phi) is 7.89. The average Bonchev–Trinajstić information content (AvgIpc) is 2.77. The quantitative estimate of drug-likeness (QED) is 0.402. The minimum Gasteiger partial charge on any atom is -0.486 e. The molecule has 0 heterocycles. The second-order valence-electron chi connectivity index (χ2n) is 9.20. The van der Waals surface area contributed by atoms with Crippen LogP contribution < -0.4 is 10.1 Å². The summed E-state index contributed by atoms with van der Waals surface area (Å²) in [5.74, 6) is -2.90. The summed E-state index contributed by atoms with van der Waals surface area (Å²) >= 11 is 0. The highest BCUT2D eigenvalue weighted by molar-refractivity contribution is 5.96. The van der Waals surface area contributed by atoms with Crippen LogP contribution >= 0.6 is 0 Å². The lowest BCUT2D eigenvalue weighted by Gasteiger charge is -2.28. The molecular weight excluding hydrogens is 452 g/mol. The zero-order valence-corrected chi connectivity index (χ0v) is 20.2. The standard InChI is InChI=1S/C28H29F2NO4/c1-17-11-18(2)13-21(12-17)28(3,4)31-27(34)23-14-19(5-6-20(23)7-10-26(32)33)16-35-25-15-22(29)8-9-24(25)30/h5-6,8-9,11-15H,7,10,16H2,1-4H3,(H,31,34)(H,32,33). The summed E-state index contributed by atoms with van der Waals surface area (Å²) in [6, 6.07) is 14.0. The summed E-state index contributed by atoms with van der Waals surface area (Å²) in [5.41, 5.74) is 3.83. The van der Waals surface area contributed by atoms with Gasteiger partial charge in [0.05, 0.1) is 5.54 Å². The predicted molar refractivity (Wildman–Crippen MR) is 129 cm³/mol. The molecule has 0 saturated heterocycles. The van der Waals surface area contributed by atoms with E-state index in [-0.39, 0.29) is 31.1 Å². The van der Waals surface area contributed by atoms with Gasteiger partial charge in [0.15, 0.2) is 11.6 Å². The van der Waals surface area contributed by atoms with Crippen molar-refractivity contribution in [1.82, 2.24) is 5.32 Å². The lowest BCUT2D eigenvalue weighted by Crippen LogP contribution is -2.41. The number of rotatable bonds is 9. The van der Waals surface area contributed by atoms with Crippen molar-refractivity contribution in [2.45, 2.75) is 52.7 Å². The molecule has 0 atom stereocenters. The number of aryl methyl sites for hydroxylation is 3. The van der Waals surface area contributed by atoms with Gasteiger partial charge in [-0.05, 0) is 69.0 Å². The molecule has 0 aliphatic rings. The van der Waals surface area contributed by atoms with Crippen LogP contribution in [-0.2, 0) is 23.4 Å². The van der Waals surface area contributed by atoms with Gasteiger partial charge >= 0.3 is 5.97 Å². The fourth-order valence-corrected chi connectivity index (χ4v) is 3.89. The van der Waals surface area contributed by atoms with E-state index in [9.17, 15) is 18.4 Å². The first-order valence-electron chi connectivity index (χ1n) is 11.3. The summed E-state index contributed by atoms with van der Waals surface area (Å²) in [7, 11) is 0. The molecule has 2 N–H and O–H groups in total. The van der Waals surface area contributed by atoms with Crippen molar-refractivity contribution >= 4 is 11.9 Å². The number of nitrogens with one attached hydrogen (secondary N) is 1. The van der Waals surface area contributed by atoms with E-state index in [2.05, 4.69) is 11.4 Å². The SMILES string of the molecule is Cc1cc(C)cc(C(C)(C)NC(=O)c2cc(COc3cc(F)ccc3F)ccc2CCC(=O)O)c1. The largest absolute Gasteiger partial charge is 0.486 e. The number of hydrogen-bond acceptors (Lipinski definition) is 3. The highest BCUT2D eigenvalue weighted by atomic mass is 19.1. The number of halogens is 2. The van der Waals surface area contributed by atoms with Crippen LogP contribution in [0, 0.1) is 25.5 Å². The molecule has 35 heavy (non-hydrogen) atoms. The number of benzene rings is 3. The van der Waals surface area contributed by atoms with Crippen LogP contribution in [0.3, 0.4) is 0 Å². The van der Waals surface area contributed by atoms with Crippen molar-refractivity contribution in [1.29, 1.82) is 0 Å². The average molecular weight is 482 g/mol. The van der Waals surface area contributed by atoms with Crippen molar-refractivity contribution in [2.24, 2.45) is 0 Å². The van der Waals surface area contributed by atoms with Crippen LogP contribution in [0.15, 0.2) is 54.6 Å². The lowest BCUT2D eigenvalue weighted by molar-refractivity contribution is -0.136. The van der Waals surface area contributed by atoms with Gasteiger partial charge in [-0.15, -0.1) is 0 Å².